The first-order valence-corrected chi connectivity index (χ1v) is 11.8. The molecule has 0 aliphatic carbocycles. The van der Waals surface area contributed by atoms with Crippen LogP contribution in [-0.4, -0.2) is 0 Å². The molecule has 2 aromatic rings. The van der Waals surface area contributed by atoms with Gasteiger partial charge < -0.3 is 0 Å². The van der Waals surface area contributed by atoms with Crippen molar-refractivity contribution in [3.05, 3.63) is 72.1 Å². The van der Waals surface area contributed by atoms with Crippen LogP contribution in [0.4, 0.5) is 0 Å². The van der Waals surface area contributed by atoms with E-state index < -0.39 is 14.7 Å². The van der Waals surface area contributed by atoms with Crippen molar-refractivity contribution in [2.45, 2.75) is 13.8 Å². The Hall–Kier alpha value is 0.0243. The number of hydrogen-bond acceptors (Lipinski definition) is 0. The van der Waals surface area contributed by atoms with Crippen LogP contribution in [0.25, 0.3) is 0 Å². The van der Waals surface area contributed by atoms with Gasteiger partial charge in [-0.15, -0.1) is 12.1 Å². The molecule has 0 saturated carbocycles. The second kappa shape index (κ2) is 12.1. The average Bonchev–Trinajstić information content (AvgIpc) is 2.88. The summed E-state index contributed by atoms with van der Waals surface area (Å²) in [6.45, 7) is 4.24. The predicted octanol–water partition coefficient (Wildman–Crippen LogP) is 6.12. The van der Waals surface area contributed by atoms with Crippen LogP contribution in [0.1, 0.15) is 19.4 Å². The molecule has 0 spiro atoms. The molecule has 0 bridgehead atoms. The van der Waals surface area contributed by atoms with Crippen LogP contribution >= 0.6 is 27.9 Å². The van der Waals surface area contributed by atoms with Gasteiger partial charge in [-0.2, -0.15) is 41.8 Å². The minimum Gasteiger partial charge on any atom is -0.214 e. The molecule has 99 valence electrons. The molecule has 0 atom stereocenters. The van der Waals surface area contributed by atoms with E-state index in [9.17, 15) is 0 Å². The summed E-state index contributed by atoms with van der Waals surface area (Å²) in [5.74, 6) is 1.37. The molecule has 0 fully saturated rings. The minimum atomic E-state index is -1.92. The minimum absolute atomic E-state index is 1.33. The second-order valence-corrected chi connectivity index (χ2v) is 11.3. The zero-order valence-electron chi connectivity index (χ0n) is 10.4. The first-order chi connectivity index (χ1) is 8.54. The summed E-state index contributed by atoms with van der Waals surface area (Å²) in [6.07, 6.45) is 0. The van der Waals surface area contributed by atoms with Gasteiger partial charge in [0, 0.05) is 0 Å². The van der Waals surface area contributed by atoms with E-state index in [4.69, 9.17) is 27.9 Å². The van der Waals surface area contributed by atoms with E-state index in [0.29, 0.717) is 0 Å². The summed E-state index contributed by atoms with van der Waals surface area (Å²) in [5.41, 5.74) is 1.33. The Morgan fingerprint density at radius 3 is 1.56 bits per heavy atom. The molecule has 0 unspecified atom stereocenters. The Labute approximate surface area is 128 Å². The zero-order chi connectivity index (χ0) is 13.8. The van der Waals surface area contributed by atoms with Crippen molar-refractivity contribution in [1.29, 1.82) is 0 Å². The maximum Gasteiger partial charge on any atom is -0.172 e. The topological polar surface area (TPSA) is 0 Å². The van der Waals surface area contributed by atoms with Gasteiger partial charge in [-0.25, -0.2) is 12.1 Å². The summed E-state index contributed by atoms with van der Waals surface area (Å²) in [6, 6.07) is 20.4. The van der Waals surface area contributed by atoms with E-state index in [1.165, 1.54) is 11.5 Å². The molecule has 0 N–H and O–H groups in total. The van der Waals surface area contributed by atoms with Crippen molar-refractivity contribution >= 4 is 27.9 Å². The molecule has 0 radical (unpaired) electrons. The summed E-state index contributed by atoms with van der Waals surface area (Å²) in [7, 11) is 14.9. The van der Waals surface area contributed by atoms with Gasteiger partial charge in [-0.05, 0) is 0 Å². The van der Waals surface area contributed by atoms with Crippen LogP contribution in [0, 0.1) is 5.92 Å². The van der Waals surface area contributed by atoms with Gasteiger partial charge in [-0.3, -0.25) is 0 Å². The van der Waals surface area contributed by atoms with E-state index in [0.717, 1.165) is 0 Å². The largest absolute Gasteiger partial charge is 0.214 e. The molecular formula is C14H16Cl3Ti-2. The molecule has 0 aliphatic heterocycles. The third-order valence-electron chi connectivity index (χ3n) is 1.91. The quantitative estimate of drug-likeness (QED) is 0.434. The summed E-state index contributed by atoms with van der Waals surface area (Å²) in [5, 5.41) is 0. The van der Waals surface area contributed by atoms with Crippen molar-refractivity contribution in [3.8, 4) is 0 Å². The Bertz CT molecular complexity index is 338. The number of hydrogen-bond donors (Lipinski definition) is 0. The van der Waals surface area contributed by atoms with Gasteiger partial charge in [0.25, 0.3) is 0 Å². The van der Waals surface area contributed by atoms with Crippen molar-refractivity contribution in [2.75, 3.05) is 0 Å². The normalized spacial score (nSPS) is 8.28. The zero-order valence-corrected chi connectivity index (χ0v) is 14.2. The predicted molar refractivity (Wildman–Crippen MR) is 79.7 cm³/mol. The fourth-order valence-electron chi connectivity index (χ4n) is 1.09. The Morgan fingerprint density at radius 1 is 0.889 bits per heavy atom. The SMILES string of the molecule is C[C-](C)c1ccccc1.[Cl][Ti]([Cl])[Cl].c1cc[cH-]c1. The van der Waals surface area contributed by atoms with E-state index in [-0.39, 0.29) is 0 Å². The van der Waals surface area contributed by atoms with Crippen molar-refractivity contribution in [2.24, 2.45) is 0 Å². The van der Waals surface area contributed by atoms with Crippen molar-refractivity contribution < 1.29 is 14.7 Å². The van der Waals surface area contributed by atoms with E-state index in [1.54, 1.807) is 0 Å². The fourth-order valence-corrected chi connectivity index (χ4v) is 1.09. The molecule has 0 aromatic heterocycles. The van der Waals surface area contributed by atoms with Crippen LogP contribution in [0.3, 0.4) is 0 Å². The molecule has 4 heteroatoms. The average molecular weight is 339 g/mol. The van der Waals surface area contributed by atoms with Gasteiger partial charge in [0.05, 0.1) is 0 Å². The number of halogens is 3. The molecule has 0 saturated heterocycles. The standard InChI is InChI=1S/C9H11.C5H5.3ClH.Ti/c1-8(2)9-6-4-3-5-7-9;1-2-4-5-3-1;;;;/h3-7H,1-2H3;1-5H;3*1H;/q2*-1;;;;+3/p-3. The van der Waals surface area contributed by atoms with E-state index >= 15 is 0 Å². The van der Waals surface area contributed by atoms with Crippen molar-refractivity contribution in [3.63, 3.8) is 0 Å². The second-order valence-electron chi connectivity index (χ2n) is 3.54. The molecule has 0 nitrogen and oxygen atoms in total. The van der Waals surface area contributed by atoms with E-state index in [2.05, 4.69) is 38.1 Å². The maximum absolute atomic E-state index is 4.97. The van der Waals surface area contributed by atoms with Crippen LogP contribution in [0.15, 0.2) is 60.7 Å². The summed E-state index contributed by atoms with van der Waals surface area (Å²) >= 11 is -1.92. The molecular weight excluding hydrogens is 322 g/mol. The van der Waals surface area contributed by atoms with Crippen LogP contribution in [-0.2, 0) is 14.7 Å². The van der Waals surface area contributed by atoms with Gasteiger partial charge >= 0.3 is 42.6 Å². The number of rotatable bonds is 1. The first-order valence-electron chi connectivity index (χ1n) is 5.39. The van der Waals surface area contributed by atoms with Crippen molar-refractivity contribution in [1.82, 2.24) is 0 Å². The summed E-state index contributed by atoms with van der Waals surface area (Å²) < 4.78 is 0. The molecule has 2 aromatic carbocycles. The summed E-state index contributed by atoms with van der Waals surface area (Å²) in [4.78, 5) is 0. The molecule has 0 heterocycles. The fraction of sp³-hybridized carbons (Fsp3) is 0.143. The van der Waals surface area contributed by atoms with Crippen LogP contribution in [0.2, 0.25) is 0 Å². The van der Waals surface area contributed by atoms with Gasteiger partial charge in [0.15, 0.2) is 0 Å². The molecule has 2 rings (SSSR count). The Balaban J connectivity index is 0.000000272. The Kier molecular flexibility index (Phi) is 12.1. The number of benzene rings is 1. The monoisotopic (exact) mass is 337 g/mol. The van der Waals surface area contributed by atoms with Gasteiger partial charge in [0.2, 0.25) is 0 Å². The Morgan fingerprint density at radius 2 is 1.33 bits per heavy atom. The molecule has 0 aliphatic rings. The smallest absolute Gasteiger partial charge is 0.172 e. The first kappa shape index (κ1) is 18.0. The maximum atomic E-state index is 4.97. The van der Waals surface area contributed by atoms with E-state index in [1.807, 2.05) is 36.4 Å². The van der Waals surface area contributed by atoms with Crippen LogP contribution < -0.4 is 0 Å². The molecule has 18 heavy (non-hydrogen) atoms. The third-order valence-corrected chi connectivity index (χ3v) is 1.91. The van der Waals surface area contributed by atoms with Crippen LogP contribution in [0.5, 0.6) is 0 Å². The third kappa shape index (κ3) is 12.5. The van der Waals surface area contributed by atoms with Gasteiger partial charge in [0.1, 0.15) is 0 Å². The molecule has 0 amide bonds. The van der Waals surface area contributed by atoms with Gasteiger partial charge in [-0.1, -0.05) is 19.9 Å².